The summed E-state index contributed by atoms with van der Waals surface area (Å²) in [6.45, 7) is 1.98. The van der Waals surface area contributed by atoms with Gasteiger partial charge in [0.2, 0.25) is 0 Å². The maximum atomic E-state index is 11.7. The molecule has 0 aliphatic carbocycles. The van der Waals surface area contributed by atoms with Crippen molar-refractivity contribution in [1.82, 2.24) is 0 Å². The fourth-order valence-electron chi connectivity index (χ4n) is 1.11. The summed E-state index contributed by atoms with van der Waals surface area (Å²) in [5.74, 6) is 0.236. The highest BCUT2D eigenvalue weighted by Crippen LogP contribution is 2.17. The molecule has 0 aliphatic heterocycles. The summed E-state index contributed by atoms with van der Waals surface area (Å²) >= 11 is 3.26. The van der Waals surface area contributed by atoms with Gasteiger partial charge in [0.25, 0.3) is 0 Å². The third-order valence-electron chi connectivity index (χ3n) is 1.92. The first-order valence-corrected chi connectivity index (χ1v) is 6.99. The molecule has 0 fully saturated rings. The van der Waals surface area contributed by atoms with Gasteiger partial charge in [-0.15, -0.1) is 0 Å². The lowest BCUT2D eigenvalue weighted by Gasteiger charge is -2.03. The predicted octanol–water partition coefficient (Wildman–Crippen LogP) is 3.02. The fourth-order valence-corrected chi connectivity index (χ4v) is 3.16. The lowest BCUT2D eigenvalue weighted by atomic mass is 10.4. The number of hydrogen-bond acceptors (Lipinski definition) is 2. The van der Waals surface area contributed by atoms with E-state index in [4.69, 9.17) is 0 Å². The Bertz CT molecular complexity index is 398. The highest BCUT2D eigenvalue weighted by Gasteiger charge is 2.13. The molecule has 0 spiro atoms. The summed E-state index contributed by atoms with van der Waals surface area (Å²) in [4.78, 5) is 0.403. The molecule has 0 amide bonds. The number of hydrogen-bond donors (Lipinski definition) is 0. The highest BCUT2D eigenvalue weighted by atomic mass is 79.9. The van der Waals surface area contributed by atoms with Crippen LogP contribution in [0.4, 0.5) is 0 Å². The molecule has 0 heterocycles. The van der Waals surface area contributed by atoms with Crippen molar-refractivity contribution in [2.45, 2.75) is 24.7 Å². The maximum Gasteiger partial charge on any atom is 0.178 e. The second kappa shape index (κ2) is 4.94. The quantitative estimate of drug-likeness (QED) is 0.847. The summed E-state index contributed by atoms with van der Waals surface area (Å²) in [5, 5.41) is 0. The molecule has 0 bridgehead atoms. The molecule has 14 heavy (non-hydrogen) atoms. The Hall–Kier alpha value is -0.350. The molecule has 4 heteroatoms. The molecule has 0 saturated heterocycles. The van der Waals surface area contributed by atoms with Gasteiger partial charge < -0.3 is 0 Å². The molecule has 1 aromatic carbocycles. The van der Waals surface area contributed by atoms with Crippen LogP contribution in [0.3, 0.4) is 0 Å². The second-order valence-corrected chi connectivity index (χ2v) is 6.15. The third-order valence-corrected chi connectivity index (χ3v) is 4.21. The Balaban J connectivity index is 2.93. The molecule has 0 aromatic heterocycles. The van der Waals surface area contributed by atoms with Gasteiger partial charge in [-0.1, -0.05) is 35.3 Å². The normalized spacial score (nSPS) is 11.6. The summed E-state index contributed by atoms with van der Waals surface area (Å²) in [6, 6.07) is 6.84. The van der Waals surface area contributed by atoms with Gasteiger partial charge in [-0.05, 0) is 24.6 Å². The van der Waals surface area contributed by atoms with Crippen molar-refractivity contribution < 1.29 is 8.42 Å². The average Bonchev–Trinajstić information content (AvgIpc) is 2.15. The van der Waals surface area contributed by atoms with Crippen molar-refractivity contribution >= 4 is 25.8 Å². The van der Waals surface area contributed by atoms with Crippen LogP contribution in [0.25, 0.3) is 0 Å². The van der Waals surface area contributed by atoms with Crippen LogP contribution in [-0.4, -0.2) is 14.2 Å². The molecule has 2 nitrogen and oxygen atoms in total. The molecule has 0 unspecified atom stereocenters. The van der Waals surface area contributed by atoms with Gasteiger partial charge in [-0.2, -0.15) is 0 Å². The molecule has 78 valence electrons. The number of halogens is 1. The van der Waals surface area contributed by atoms with E-state index in [0.29, 0.717) is 4.90 Å². The van der Waals surface area contributed by atoms with Crippen molar-refractivity contribution in [3.05, 3.63) is 28.7 Å². The first-order valence-electron chi connectivity index (χ1n) is 4.54. The third kappa shape index (κ3) is 3.10. The van der Waals surface area contributed by atoms with Crippen molar-refractivity contribution in [2.24, 2.45) is 0 Å². The lowest BCUT2D eigenvalue weighted by Crippen LogP contribution is -2.06. The first-order chi connectivity index (χ1) is 6.56. The van der Waals surface area contributed by atoms with Crippen LogP contribution < -0.4 is 0 Å². The largest absolute Gasteiger partial charge is 0.224 e. The van der Waals surface area contributed by atoms with E-state index in [0.717, 1.165) is 17.3 Å². The molecule has 0 N–H and O–H groups in total. The zero-order valence-electron chi connectivity index (χ0n) is 8.03. The van der Waals surface area contributed by atoms with E-state index >= 15 is 0 Å². The van der Waals surface area contributed by atoms with Crippen molar-refractivity contribution in [3.8, 4) is 0 Å². The minimum absolute atomic E-state index is 0.236. The van der Waals surface area contributed by atoms with E-state index in [-0.39, 0.29) is 5.75 Å². The number of unbranched alkanes of at least 4 members (excludes halogenated alkanes) is 1. The Kier molecular flexibility index (Phi) is 4.13. The van der Waals surface area contributed by atoms with E-state index in [9.17, 15) is 8.42 Å². The highest BCUT2D eigenvalue weighted by molar-refractivity contribution is 9.10. The molecule has 0 atom stereocenters. The molecular formula is C10H13BrO2S. The molecule has 0 saturated carbocycles. The van der Waals surface area contributed by atoms with Gasteiger partial charge in [0.05, 0.1) is 10.6 Å². The minimum atomic E-state index is -3.07. The van der Waals surface area contributed by atoms with Gasteiger partial charge >= 0.3 is 0 Å². The smallest absolute Gasteiger partial charge is 0.178 e. The van der Waals surface area contributed by atoms with Crippen molar-refractivity contribution in [3.63, 3.8) is 0 Å². The van der Waals surface area contributed by atoms with Gasteiger partial charge in [0, 0.05) is 4.47 Å². The molecule has 0 radical (unpaired) electrons. The maximum absolute atomic E-state index is 11.7. The average molecular weight is 277 g/mol. The van der Waals surface area contributed by atoms with E-state index in [2.05, 4.69) is 15.9 Å². The topological polar surface area (TPSA) is 34.1 Å². The van der Waals surface area contributed by atoms with Crippen LogP contribution in [0.15, 0.2) is 33.6 Å². The van der Waals surface area contributed by atoms with Gasteiger partial charge in [0.1, 0.15) is 0 Å². The van der Waals surface area contributed by atoms with Crippen LogP contribution >= 0.6 is 15.9 Å². The first kappa shape index (κ1) is 11.7. The fraction of sp³-hybridized carbons (Fsp3) is 0.400. The summed E-state index contributed by atoms with van der Waals surface area (Å²) < 4.78 is 24.2. The predicted molar refractivity (Wildman–Crippen MR) is 61.1 cm³/mol. The second-order valence-electron chi connectivity index (χ2n) is 3.13. The van der Waals surface area contributed by atoms with Gasteiger partial charge in [-0.3, -0.25) is 0 Å². The summed E-state index contributed by atoms with van der Waals surface area (Å²) in [5.41, 5.74) is 0. The minimum Gasteiger partial charge on any atom is -0.224 e. The molecular weight excluding hydrogens is 264 g/mol. The zero-order chi connectivity index (χ0) is 10.6. The number of rotatable bonds is 4. The van der Waals surface area contributed by atoms with E-state index in [1.165, 1.54) is 0 Å². The van der Waals surface area contributed by atoms with Crippen LogP contribution in [0.5, 0.6) is 0 Å². The monoisotopic (exact) mass is 276 g/mol. The molecule has 0 aliphatic rings. The van der Waals surface area contributed by atoms with Crippen LogP contribution in [0, 0.1) is 0 Å². The van der Waals surface area contributed by atoms with Crippen molar-refractivity contribution in [1.29, 1.82) is 0 Å². The summed E-state index contributed by atoms with van der Waals surface area (Å²) in [6.07, 6.45) is 1.61. The summed E-state index contributed by atoms with van der Waals surface area (Å²) in [7, 11) is -3.07. The number of benzene rings is 1. The van der Waals surface area contributed by atoms with Crippen LogP contribution in [-0.2, 0) is 9.84 Å². The van der Waals surface area contributed by atoms with Crippen LogP contribution in [0.1, 0.15) is 19.8 Å². The SMILES string of the molecule is CCCCS(=O)(=O)c1cccc(Br)c1. The van der Waals surface area contributed by atoms with E-state index in [1.54, 1.807) is 18.2 Å². The van der Waals surface area contributed by atoms with Gasteiger partial charge in [-0.25, -0.2) is 8.42 Å². The van der Waals surface area contributed by atoms with E-state index in [1.807, 2.05) is 13.0 Å². The Labute approximate surface area is 93.4 Å². The zero-order valence-corrected chi connectivity index (χ0v) is 10.4. The lowest BCUT2D eigenvalue weighted by molar-refractivity contribution is 0.592. The van der Waals surface area contributed by atoms with Gasteiger partial charge in [0.15, 0.2) is 9.84 Å². The van der Waals surface area contributed by atoms with Crippen LogP contribution in [0.2, 0.25) is 0 Å². The van der Waals surface area contributed by atoms with Crippen molar-refractivity contribution in [2.75, 3.05) is 5.75 Å². The Morgan fingerprint density at radius 1 is 1.36 bits per heavy atom. The van der Waals surface area contributed by atoms with E-state index < -0.39 is 9.84 Å². The number of sulfone groups is 1. The Morgan fingerprint density at radius 3 is 2.64 bits per heavy atom. The molecule has 1 aromatic rings. The molecule has 1 rings (SSSR count). The standard InChI is InChI=1S/C10H13BrO2S/c1-2-3-7-14(12,13)10-6-4-5-9(11)8-10/h4-6,8H,2-3,7H2,1H3. The Morgan fingerprint density at radius 2 is 2.07 bits per heavy atom.